The van der Waals surface area contributed by atoms with E-state index in [1.807, 2.05) is 67.6 Å². The molecular weight excluding hydrogens is 324 g/mol. The quantitative estimate of drug-likeness (QED) is 0.792. The van der Waals surface area contributed by atoms with Crippen LogP contribution in [0, 0.1) is 6.92 Å². The first kappa shape index (κ1) is 16.0. The van der Waals surface area contributed by atoms with Crippen molar-refractivity contribution in [3.05, 3.63) is 84.2 Å². The van der Waals surface area contributed by atoms with Crippen LogP contribution >= 0.6 is 0 Å². The molecule has 0 fully saturated rings. The van der Waals surface area contributed by atoms with E-state index >= 15 is 0 Å². The van der Waals surface area contributed by atoms with E-state index < -0.39 is 6.04 Å². The number of carbonyl (C=O) groups excluding carboxylic acids is 1. The average molecular weight is 342 g/mol. The molecule has 0 spiro atoms. The Bertz CT molecular complexity index is 998. The normalized spacial score (nSPS) is 16.7. The second-order valence-electron chi connectivity index (χ2n) is 6.22. The van der Waals surface area contributed by atoms with E-state index in [0.29, 0.717) is 0 Å². The van der Waals surface area contributed by atoms with Gasteiger partial charge in [-0.3, -0.25) is 9.78 Å². The Kier molecular flexibility index (Phi) is 3.97. The SMILES string of the molecule is Cc1ccccc1N1C(=O)C(c2cccc(-c3cccnc3)c2)N=C1N. The molecule has 0 bridgehead atoms. The van der Waals surface area contributed by atoms with Crippen LogP contribution in [0.4, 0.5) is 5.69 Å². The fraction of sp³-hybridized carbons (Fsp3) is 0.0952. The molecule has 26 heavy (non-hydrogen) atoms. The smallest absolute Gasteiger partial charge is 0.263 e. The summed E-state index contributed by atoms with van der Waals surface area (Å²) in [4.78, 5) is 23.1. The number of hydrogen-bond acceptors (Lipinski definition) is 4. The minimum atomic E-state index is -0.633. The summed E-state index contributed by atoms with van der Waals surface area (Å²) < 4.78 is 0. The number of hydrogen-bond donors (Lipinski definition) is 1. The van der Waals surface area contributed by atoms with Crippen molar-refractivity contribution in [3.8, 4) is 11.1 Å². The van der Waals surface area contributed by atoms with E-state index in [4.69, 9.17) is 5.73 Å². The minimum Gasteiger partial charge on any atom is -0.369 e. The highest BCUT2D eigenvalue weighted by Gasteiger charge is 2.36. The van der Waals surface area contributed by atoms with Crippen molar-refractivity contribution < 1.29 is 4.79 Å². The molecule has 2 heterocycles. The van der Waals surface area contributed by atoms with Gasteiger partial charge in [-0.25, -0.2) is 9.89 Å². The number of guanidine groups is 1. The van der Waals surface area contributed by atoms with Crippen LogP contribution in [0.1, 0.15) is 17.2 Å². The van der Waals surface area contributed by atoms with Crippen molar-refractivity contribution in [2.75, 3.05) is 4.90 Å². The predicted octanol–water partition coefficient (Wildman–Crippen LogP) is 3.46. The Hall–Kier alpha value is -3.47. The number of nitrogens with two attached hydrogens (primary N) is 1. The molecule has 1 aliphatic rings. The number of rotatable bonds is 3. The molecule has 3 aromatic rings. The van der Waals surface area contributed by atoms with Crippen molar-refractivity contribution in [1.29, 1.82) is 0 Å². The molecule has 0 saturated heterocycles. The minimum absolute atomic E-state index is 0.139. The number of aryl methyl sites for hydroxylation is 1. The zero-order valence-corrected chi connectivity index (χ0v) is 14.3. The summed E-state index contributed by atoms with van der Waals surface area (Å²) in [5, 5.41) is 0. The Labute approximate surface area is 151 Å². The monoisotopic (exact) mass is 342 g/mol. The zero-order valence-electron chi connectivity index (χ0n) is 14.3. The van der Waals surface area contributed by atoms with E-state index in [-0.39, 0.29) is 11.9 Å². The van der Waals surface area contributed by atoms with E-state index in [9.17, 15) is 4.79 Å². The van der Waals surface area contributed by atoms with Gasteiger partial charge in [-0.15, -0.1) is 0 Å². The Morgan fingerprint density at radius 3 is 2.58 bits per heavy atom. The van der Waals surface area contributed by atoms with Gasteiger partial charge in [0.1, 0.15) is 0 Å². The fourth-order valence-electron chi connectivity index (χ4n) is 3.18. The van der Waals surface area contributed by atoms with Gasteiger partial charge in [0.15, 0.2) is 6.04 Å². The van der Waals surface area contributed by atoms with Crippen LogP contribution in [-0.2, 0) is 4.79 Å². The van der Waals surface area contributed by atoms with Crippen molar-refractivity contribution in [2.24, 2.45) is 10.7 Å². The molecule has 1 unspecified atom stereocenters. The third kappa shape index (κ3) is 2.73. The third-order valence-electron chi connectivity index (χ3n) is 4.50. The van der Waals surface area contributed by atoms with Crippen molar-refractivity contribution in [1.82, 2.24) is 4.98 Å². The molecule has 1 amide bonds. The van der Waals surface area contributed by atoms with E-state index in [2.05, 4.69) is 9.98 Å². The summed E-state index contributed by atoms with van der Waals surface area (Å²) >= 11 is 0. The van der Waals surface area contributed by atoms with Gasteiger partial charge >= 0.3 is 0 Å². The predicted molar refractivity (Wildman–Crippen MR) is 103 cm³/mol. The Morgan fingerprint density at radius 2 is 1.81 bits per heavy atom. The maximum atomic E-state index is 13.0. The molecule has 5 heteroatoms. The molecule has 1 aliphatic heterocycles. The van der Waals surface area contributed by atoms with Gasteiger partial charge in [0.2, 0.25) is 5.96 Å². The van der Waals surface area contributed by atoms with Crippen LogP contribution in [-0.4, -0.2) is 16.9 Å². The zero-order chi connectivity index (χ0) is 18.1. The Balaban J connectivity index is 1.70. The van der Waals surface area contributed by atoms with Gasteiger partial charge in [0.25, 0.3) is 5.91 Å². The molecule has 128 valence electrons. The summed E-state index contributed by atoms with van der Waals surface area (Å²) in [7, 11) is 0. The lowest BCUT2D eigenvalue weighted by Gasteiger charge is -2.19. The average Bonchev–Trinajstić information content (AvgIpc) is 2.97. The van der Waals surface area contributed by atoms with Gasteiger partial charge in [0.05, 0.1) is 5.69 Å². The molecule has 1 atom stereocenters. The summed E-state index contributed by atoms with van der Waals surface area (Å²) in [6.07, 6.45) is 3.53. The molecule has 1 aromatic heterocycles. The maximum absolute atomic E-state index is 13.0. The number of amides is 1. The molecule has 2 aromatic carbocycles. The van der Waals surface area contributed by atoms with E-state index in [1.54, 1.807) is 12.4 Å². The highest BCUT2D eigenvalue weighted by molar-refractivity contribution is 6.21. The molecule has 4 rings (SSSR count). The fourth-order valence-corrected chi connectivity index (χ4v) is 3.18. The molecule has 0 radical (unpaired) electrons. The van der Waals surface area contributed by atoms with Crippen LogP contribution in [0.2, 0.25) is 0 Å². The van der Waals surface area contributed by atoms with Gasteiger partial charge < -0.3 is 5.73 Å². The number of aromatic nitrogens is 1. The van der Waals surface area contributed by atoms with Crippen molar-refractivity contribution in [3.63, 3.8) is 0 Å². The highest BCUT2D eigenvalue weighted by atomic mass is 16.2. The third-order valence-corrected chi connectivity index (χ3v) is 4.50. The van der Waals surface area contributed by atoms with Crippen LogP contribution < -0.4 is 10.6 Å². The van der Waals surface area contributed by atoms with E-state index in [0.717, 1.165) is 27.9 Å². The van der Waals surface area contributed by atoms with Gasteiger partial charge in [-0.1, -0.05) is 42.5 Å². The van der Waals surface area contributed by atoms with Crippen LogP contribution in [0.5, 0.6) is 0 Å². The Morgan fingerprint density at radius 1 is 1.00 bits per heavy atom. The molecule has 5 nitrogen and oxygen atoms in total. The summed E-state index contributed by atoms with van der Waals surface area (Å²) in [6, 6.07) is 18.7. The summed E-state index contributed by atoms with van der Waals surface area (Å²) in [5.74, 6) is 0.0845. The van der Waals surface area contributed by atoms with Gasteiger partial charge in [-0.05, 0) is 47.4 Å². The lowest BCUT2D eigenvalue weighted by Crippen LogP contribution is -2.38. The number of aliphatic imine (C=N–C) groups is 1. The molecule has 0 saturated carbocycles. The van der Waals surface area contributed by atoms with Crippen molar-refractivity contribution >= 4 is 17.6 Å². The number of para-hydroxylation sites is 1. The number of carbonyl (C=O) groups is 1. The highest BCUT2D eigenvalue weighted by Crippen LogP contribution is 2.32. The van der Waals surface area contributed by atoms with Gasteiger partial charge in [-0.2, -0.15) is 0 Å². The first-order valence-corrected chi connectivity index (χ1v) is 8.38. The number of anilines is 1. The lowest BCUT2D eigenvalue weighted by molar-refractivity contribution is -0.118. The van der Waals surface area contributed by atoms with Crippen LogP contribution in [0.25, 0.3) is 11.1 Å². The molecule has 0 aliphatic carbocycles. The summed E-state index contributed by atoms with van der Waals surface area (Å²) in [5.41, 5.74) is 10.6. The topological polar surface area (TPSA) is 71.6 Å². The molecular formula is C21H18N4O. The summed E-state index contributed by atoms with van der Waals surface area (Å²) in [6.45, 7) is 1.95. The number of nitrogens with zero attached hydrogens (tertiary/aromatic N) is 3. The number of pyridine rings is 1. The first-order valence-electron chi connectivity index (χ1n) is 8.38. The lowest BCUT2D eigenvalue weighted by atomic mass is 10.0. The number of benzene rings is 2. The van der Waals surface area contributed by atoms with E-state index in [1.165, 1.54) is 4.90 Å². The van der Waals surface area contributed by atoms with Crippen LogP contribution in [0.3, 0.4) is 0 Å². The standard InChI is InChI=1S/C21H18N4O/c1-14-6-2-3-10-18(14)25-20(26)19(24-21(25)22)16-8-4-7-15(12-16)17-9-5-11-23-13-17/h2-13,19H,1H3,(H2,22,24). The second-order valence-corrected chi connectivity index (χ2v) is 6.22. The molecule has 2 N–H and O–H groups in total. The first-order chi connectivity index (χ1) is 12.6. The van der Waals surface area contributed by atoms with Crippen molar-refractivity contribution in [2.45, 2.75) is 13.0 Å². The van der Waals surface area contributed by atoms with Crippen LogP contribution in [0.15, 0.2) is 78.0 Å². The maximum Gasteiger partial charge on any atom is 0.263 e. The van der Waals surface area contributed by atoms with Gasteiger partial charge in [0, 0.05) is 12.4 Å². The second kappa shape index (κ2) is 6.44. The largest absolute Gasteiger partial charge is 0.369 e.